The van der Waals surface area contributed by atoms with Crippen molar-refractivity contribution in [1.29, 1.82) is 0 Å². The van der Waals surface area contributed by atoms with Gasteiger partial charge >= 0.3 is 5.69 Å². The number of halogens is 3. The van der Waals surface area contributed by atoms with Crippen LogP contribution in [-0.4, -0.2) is 79.8 Å². The van der Waals surface area contributed by atoms with E-state index in [1.807, 2.05) is 18.2 Å². The Hall–Kier alpha value is -1.76. The van der Waals surface area contributed by atoms with E-state index in [4.69, 9.17) is 11.6 Å². The molecule has 0 amide bonds. The van der Waals surface area contributed by atoms with Crippen LogP contribution in [0, 0.1) is 5.92 Å². The van der Waals surface area contributed by atoms with E-state index in [1.54, 1.807) is 34.9 Å². The van der Waals surface area contributed by atoms with Gasteiger partial charge in [0.1, 0.15) is 6.29 Å². The molecule has 0 saturated carbocycles. The zero-order valence-electron chi connectivity index (χ0n) is 20.3. The van der Waals surface area contributed by atoms with Gasteiger partial charge in [-0.25, -0.2) is 13.6 Å². The first kappa shape index (κ1) is 26.3. The van der Waals surface area contributed by atoms with Crippen molar-refractivity contribution in [2.75, 3.05) is 31.6 Å². The standard InChI is InChI=1S/C23H35ClF2N6O3/c1-22(2,35)7-9-32-18-10-15(4-5-17(18)30(3)21(32)34)28-19-16(24)11-27-20(29-19)31-8-6-14(12-33)23(25,26)13-31/h4-5,10,14,16,19-20,27-29,33,35H,6-9,11-13H2,1-3H3. The predicted octanol–water partition coefficient (Wildman–Crippen LogP) is 1.27. The highest BCUT2D eigenvalue weighted by Crippen LogP contribution is 2.33. The number of aryl methyl sites for hydroxylation is 2. The fourth-order valence-corrected chi connectivity index (χ4v) is 5.01. The summed E-state index contributed by atoms with van der Waals surface area (Å²) >= 11 is 6.54. The average molecular weight is 517 g/mol. The molecule has 2 saturated heterocycles. The van der Waals surface area contributed by atoms with Gasteiger partial charge in [0.2, 0.25) is 0 Å². The highest BCUT2D eigenvalue weighted by molar-refractivity contribution is 6.21. The van der Waals surface area contributed by atoms with Gasteiger partial charge in [0, 0.05) is 38.3 Å². The minimum Gasteiger partial charge on any atom is -0.396 e. The van der Waals surface area contributed by atoms with Crippen LogP contribution < -0.4 is 21.6 Å². The van der Waals surface area contributed by atoms with Crippen LogP contribution in [0.1, 0.15) is 26.7 Å². The number of aliphatic hydroxyl groups excluding tert-OH is 1. The largest absolute Gasteiger partial charge is 0.396 e. The summed E-state index contributed by atoms with van der Waals surface area (Å²) in [6, 6.07) is 5.57. The summed E-state index contributed by atoms with van der Waals surface area (Å²) in [5.41, 5.74) is 1.16. The van der Waals surface area contributed by atoms with E-state index in [1.165, 1.54) is 0 Å². The fourth-order valence-electron chi connectivity index (χ4n) is 4.78. The van der Waals surface area contributed by atoms with E-state index in [9.17, 15) is 23.8 Å². The number of rotatable bonds is 7. The van der Waals surface area contributed by atoms with Crippen molar-refractivity contribution >= 4 is 28.3 Å². The lowest BCUT2D eigenvalue weighted by Gasteiger charge is -2.46. The van der Waals surface area contributed by atoms with Gasteiger partial charge in [-0.15, -0.1) is 11.6 Å². The lowest BCUT2D eigenvalue weighted by Crippen LogP contribution is -2.70. The fraction of sp³-hybridized carbons (Fsp3) is 0.696. The van der Waals surface area contributed by atoms with Crippen LogP contribution >= 0.6 is 11.6 Å². The van der Waals surface area contributed by atoms with Gasteiger partial charge in [-0.05, 0) is 44.9 Å². The Morgan fingerprint density at radius 2 is 2.06 bits per heavy atom. The molecule has 2 aromatic rings. The number of aliphatic hydroxyl groups is 2. The molecule has 9 nitrogen and oxygen atoms in total. The molecule has 3 heterocycles. The van der Waals surface area contributed by atoms with Gasteiger partial charge < -0.3 is 15.5 Å². The third kappa shape index (κ3) is 5.65. The molecule has 4 unspecified atom stereocenters. The van der Waals surface area contributed by atoms with Crippen LogP contribution in [0.15, 0.2) is 23.0 Å². The topological polar surface area (TPSA) is 107 Å². The highest BCUT2D eigenvalue weighted by atomic mass is 35.5. The summed E-state index contributed by atoms with van der Waals surface area (Å²) in [5.74, 6) is -3.99. The Kier molecular flexibility index (Phi) is 7.48. The molecule has 12 heteroatoms. The number of piperidine rings is 1. The van der Waals surface area contributed by atoms with Gasteiger partial charge in [0.25, 0.3) is 5.92 Å². The lowest BCUT2D eigenvalue weighted by atomic mass is 9.93. The first-order chi connectivity index (χ1) is 16.4. The van der Waals surface area contributed by atoms with Crippen LogP contribution in [0.3, 0.4) is 0 Å². The van der Waals surface area contributed by atoms with Gasteiger partial charge in [-0.1, -0.05) is 0 Å². The second-order valence-electron chi connectivity index (χ2n) is 10.3. The second-order valence-corrected chi connectivity index (χ2v) is 10.8. The molecule has 2 aliphatic rings. The van der Waals surface area contributed by atoms with E-state index in [2.05, 4.69) is 16.0 Å². The van der Waals surface area contributed by atoms with Gasteiger partial charge in [0.05, 0.1) is 41.3 Å². The summed E-state index contributed by atoms with van der Waals surface area (Å²) in [6.45, 7) is 3.64. The summed E-state index contributed by atoms with van der Waals surface area (Å²) in [7, 11) is 1.71. The van der Waals surface area contributed by atoms with Crippen LogP contribution in [0.5, 0.6) is 0 Å². The van der Waals surface area contributed by atoms with Crippen molar-refractivity contribution in [3.05, 3.63) is 28.7 Å². The summed E-state index contributed by atoms with van der Waals surface area (Å²) in [5, 5.41) is 28.8. The van der Waals surface area contributed by atoms with Gasteiger partial charge in [-0.3, -0.25) is 24.7 Å². The zero-order valence-corrected chi connectivity index (χ0v) is 21.0. The molecule has 0 bridgehead atoms. The molecule has 1 aromatic carbocycles. The van der Waals surface area contributed by atoms with E-state index < -0.39 is 43.0 Å². The Morgan fingerprint density at radius 3 is 2.71 bits per heavy atom. The Balaban J connectivity index is 1.51. The number of nitrogens with one attached hydrogen (secondary N) is 3. The number of anilines is 1. The van der Waals surface area contributed by atoms with Crippen LogP contribution in [0.25, 0.3) is 11.0 Å². The molecule has 1 aromatic heterocycles. The van der Waals surface area contributed by atoms with Gasteiger partial charge in [0.15, 0.2) is 0 Å². The number of imidazole rings is 1. The van der Waals surface area contributed by atoms with E-state index in [0.29, 0.717) is 26.1 Å². The molecule has 4 rings (SSSR count). The molecule has 0 spiro atoms. The van der Waals surface area contributed by atoms with Gasteiger partial charge in [-0.2, -0.15) is 0 Å². The minimum atomic E-state index is -2.97. The molecular weight excluding hydrogens is 482 g/mol. The smallest absolute Gasteiger partial charge is 0.328 e. The quantitative estimate of drug-likeness (QED) is 0.353. The number of likely N-dealkylation sites (tertiary alicyclic amines) is 1. The van der Waals surface area contributed by atoms with Crippen molar-refractivity contribution in [2.45, 2.75) is 62.6 Å². The number of alkyl halides is 3. The highest BCUT2D eigenvalue weighted by Gasteiger charge is 2.46. The zero-order chi connectivity index (χ0) is 25.5. The average Bonchev–Trinajstić information content (AvgIpc) is 3.02. The molecule has 35 heavy (non-hydrogen) atoms. The second kappa shape index (κ2) is 9.95. The first-order valence-corrected chi connectivity index (χ1v) is 12.4. The van der Waals surface area contributed by atoms with Crippen LogP contribution in [0.4, 0.5) is 14.5 Å². The van der Waals surface area contributed by atoms with E-state index in [0.717, 1.165) is 16.7 Å². The van der Waals surface area contributed by atoms with Crippen molar-refractivity contribution in [2.24, 2.45) is 13.0 Å². The summed E-state index contributed by atoms with van der Waals surface area (Å²) < 4.78 is 32.0. The van der Waals surface area contributed by atoms with E-state index >= 15 is 0 Å². The number of nitrogens with zero attached hydrogens (tertiary/aromatic N) is 3. The Labute approximate surface area is 208 Å². The molecule has 0 aliphatic carbocycles. The van der Waals surface area contributed by atoms with Crippen LogP contribution in [0.2, 0.25) is 0 Å². The third-order valence-corrected chi connectivity index (χ3v) is 7.39. The monoisotopic (exact) mass is 516 g/mol. The lowest BCUT2D eigenvalue weighted by molar-refractivity contribution is -0.138. The number of hydrogen-bond acceptors (Lipinski definition) is 7. The molecule has 0 radical (unpaired) electrons. The molecule has 5 N–H and O–H groups in total. The number of benzene rings is 1. The first-order valence-electron chi connectivity index (χ1n) is 11.9. The SMILES string of the molecule is Cn1c(=O)n(CCC(C)(C)O)c2cc(NC3NC(N4CCC(CO)C(F)(F)C4)NCC3Cl)ccc21. The minimum absolute atomic E-state index is 0.163. The molecule has 2 aliphatic heterocycles. The van der Waals surface area contributed by atoms with Crippen LogP contribution in [-0.2, 0) is 13.6 Å². The maximum atomic E-state index is 14.4. The normalized spacial score (nSPS) is 27.9. The number of fused-ring (bicyclic) bond motifs is 1. The molecule has 2 fully saturated rings. The maximum Gasteiger partial charge on any atom is 0.328 e. The number of hydrogen-bond donors (Lipinski definition) is 5. The molecule has 196 valence electrons. The van der Waals surface area contributed by atoms with E-state index in [-0.39, 0.29) is 17.5 Å². The maximum absolute atomic E-state index is 14.4. The number of aromatic nitrogens is 2. The van der Waals surface area contributed by atoms with Crippen molar-refractivity contribution in [3.8, 4) is 0 Å². The summed E-state index contributed by atoms with van der Waals surface area (Å²) in [4.78, 5) is 14.4. The van der Waals surface area contributed by atoms with Crippen molar-refractivity contribution < 1.29 is 19.0 Å². The molecule has 4 atom stereocenters. The Bertz CT molecular complexity index is 1100. The molecular formula is C23H35ClF2N6O3. The summed E-state index contributed by atoms with van der Waals surface area (Å²) in [6.07, 6.45) is -0.287. The third-order valence-electron chi connectivity index (χ3n) is 6.98. The predicted molar refractivity (Wildman–Crippen MR) is 132 cm³/mol. The van der Waals surface area contributed by atoms with Crippen molar-refractivity contribution in [1.82, 2.24) is 24.7 Å². The van der Waals surface area contributed by atoms with Crippen molar-refractivity contribution in [3.63, 3.8) is 0 Å². The Morgan fingerprint density at radius 1 is 1.31 bits per heavy atom.